The van der Waals surface area contributed by atoms with Gasteiger partial charge >= 0.3 is 6.09 Å². The Kier molecular flexibility index (Phi) is 4.46. The second-order valence-electron chi connectivity index (χ2n) is 5.66. The van der Waals surface area contributed by atoms with E-state index in [0.29, 0.717) is 23.3 Å². The predicted octanol–water partition coefficient (Wildman–Crippen LogP) is 3.82. The third-order valence-electron chi connectivity index (χ3n) is 3.96. The SMILES string of the molecule is CCc1ccc(CC(NC(=O)O)c2nc3cc(F)ccc3[nH]2)cc1. The van der Waals surface area contributed by atoms with Crippen LogP contribution in [0.15, 0.2) is 42.5 Å². The number of H-pyrrole nitrogens is 1. The normalized spacial score (nSPS) is 12.2. The average Bonchev–Trinajstić information content (AvgIpc) is 2.97. The largest absolute Gasteiger partial charge is 0.465 e. The average molecular weight is 327 g/mol. The van der Waals surface area contributed by atoms with E-state index in [1.165, 1.54) is 17.7 Å². The zero-order valence-electron chi connectivity index (χ0n) is 13.2. The Balaban J connectivity index is 1.90. The van der Waals surface area contributed by atoms with Crippen LogP contribution in [0, 0.1) is 5.82 Å². The number of hydrogen-bond donors (Lipinski definition) is 3. The number of aryl methyl sites for hydroxylation is 1. The number of fused-ring (bicyclic) bond motifs is 1. The number of nitrogens with zero attached hydrogens (tertiary/aromatic N) is 1. The molecule has 0 bridgehead atoms. The molecule has 0 saturated heterocycles. The molecule has 1 aromatic heterocycles. The summed E-state index contributed by atoms with van der Waals surface area (Å²) in [6.45, 7) is 2.08. The fourth-order valence-electron chi connectivity index (χ4n) is 2.68. The molecule has 6 heteroatoms. The smallest absolute Gasteiger partial charge is 0.405 e. The maximum absolute atomic E-state index is 13.3. The lowest BCUT2D eigenvalue weighted by molar-refractivity contribution is 0.189. The summed E-state index contributed by atoms with van der Waals surface area (Å²) in [5.74, 6) is 0.0935. The minimum absolute atomic E-state index is 0.376. The zero-order valence-corrected chi connectivity index (χ0v) is 13.2. The summed E-state index contributed by atoms with van der Waals surface area (Å²) in [6.07, 6.45) is 0.280. The molecule has 0 aliphatic carbocycles. The monoisotopic (exact) mass is 327 g/mol. The van der Waals surface area contributed by atoms with Crippen molar-refractivity contribution >= 4 is 17.1 Å². The van der Waals surface area contributed by atoms with Crippen LogP contribution in [0.2, 0.25) is 0 Å². The Morgan fingerprint density at radius 1 is 1.25 bits per heavy atom. The molecule has 1 unspecified atom stereocenters. The van der Waals surface area contributed by atoms with Crippen molar-refractivity contribution in [1.29, 1.82) is 0 Å². The number of carbonyl (C=O) groups is 1. The van der Waals surface area contributed by atoms with Gasteiger partial charge in [0.05, 0.1) is 17.1 Å². The van der Waals surface area contributed by atoms with Crippen molar-refractivity contribution < 1.29 is 14.3 Å². The molecule has 0 saturated carbocycles. The lowest BCUT2D eigenvalue weighted by Gasteiger charge is -2.15. The maximum atomic E-state index is 13.3. The molecule has 3 aromatic rings. The van der Waals surface area contributed by atoms with Gasteiger partial charge in [-0.25, -0.2) is 14.2 Å². The topological polar surface area (TPSA) is 78.0 Å². The van der Waals surface area contributed by atoms with E-state index in [0.717, 1.165) is 12.0 Å². The van der Waals surface area contributed by atoms with Crippen LogP contribution in [0.5, 0.6) is 0 Å². The van der Waals surface area contributed by atoms with Gasteiger partial charge in [-0.3, -0.25) is 0 Å². The summed E-state index contributed by atoms with van der Waals surface area (Å²) in [7, 11) is 0. The zero-order chi connectivity index (χ0) is 17.1. The molecule has 0 spiro atoms. The van der Waals surface area contributed by atoms with Crippen molar-refractivity contribution in [2.45, 2.75) is 25.8 Å². The molecule has 1 atom stereocenters. The minimum Gasteiger partial charge on any atom is -0.465 e. The minimum atomic E-state index is -1.13. The Hall–Kier alpha value is -2.89. The first-order valence-corrected chi connectivity index (χ1v) is 7.77. The predicted molar refractivity (Wildman–Crippen MR) is 89.5 cm³/mol. The van der Waals surface area contributed by atoms with Gasteiger partial charge in [0.15, 0.2) is 0 Å². The molecule has 0 aliphatic rings. The molecular weight excluding hydrogens is 309 g/mol. The number of imidazole rings is 1. The molecule has 0 radical (unpaired) electrons. The highest BCUT2D eigenvalue weighted by molar-refractivity contribution is 5.75. The van der Waals surface area contributed by atoms with Crippen molar-refractivity contribution in [1.82, 2.24) is 15.3 Å². The fraction of sp³-hybridized carbons (Fsp3) is 0.222. The van der Waals surface area contributed by atoms with Gasteiger partial charge in [-0.2, -0.15) is 0 Å². The van der Waals surface area contributed by atoms with Crippen LogP contribution in [-0.2, 0) is 12.8 Å². The number of amides is 1. The quantitative estimate of drug-likeness (QED) is 0.667. The van der Waals surface area contributed by atoms with E-state index in [1.807, 2.05) is 24.3 Å². The molecule has 2 aromatic carbocycles. The van der Waals surface area contributed by atoms with Gasteiger partial charge in [0.1, 0.15) is 11.6 Å². The number of carboxylic acid groups (broad SMARTS) is 1. The van der Waals surface area contributed by atoms with Gasteiger partial charge in [0.2, 0.25) is 0 Å². The van der Waals surface area contributed by atoms with Gasteiger partial charge in [0.25, 0.3) is 0 Å². The van der Waals surface area contributed by atoms with Crippen LogP contribution in [0.4, 0.5) is 9.18 Å². The first-order chi connectivity index (χ1) is 11.5. The molecule has 124 valence electrons. The Morgan fingerprint density at radius 2 is 1.96 bits per heavy atom. The van der Waals surface area contributed by atoms with Gasteiger partial charge in [-0.1, -0.05) is 31.2 Å². The van der Waals surface area contributed by atoms with Crippen molar-refractivity contribution in [2.75, 3.05) is 0 Å². The standard InChI is InChI=1S/C18H18FN3O2/c1-2-11-3-5-12(6-4-11)9-16(22-18(23)24)17-20-14-8-7-13(19)10-15(14)21-17/h3-8,10,16,22H,2,9H2,1H3,(H,20,21)(H,23,24). The van der Waals surface area contributed by atoms with Crippen LogP contribution >= 0.6 is 0 Å². The third-order valence-corrected chi connectivity index (χ3v) is 3.96. The third kappa shape index (κ3) is 3.53. The lowest BCUT2D eigenvalue weighted by atomic mass is 10.0. The summed E-state index contributed by atoms with van der Waals surface area (Å²) in [5, 5.41) is 11.6. The summed E-state index contributed by atoms with van der Waals surface area (Å²) >= 11 is 0. The van der Waals surface area contributed by atoms with E-state index in [-0.39, 0.29) is 5.82 Å². The number of nitrogens with one attached hydrogen (secondary N) is 2. The van der Waals surface area contributed by atoms with Crippen LogP contribution in [0.3, 0.4) is 0 Å². The Bertz CT molecular complexity index is 858. The highest BCUT2D eigenvalue weighted by Gasteiger charge is 2.19. The molecule has 0 aliphatic heterocycles. The van der Waals surface area contributed by atoms with E-state index < -0.39 is 12.1 Å². The fourth-order valence-corrected chi connectivity index (χ4v) is 2.68. The first kappa shape index (κ1) is 16.0. The van der Waals surface area contributed by atoms with Crippen molar-refractivity contribution in [3.8, 4) is 0 Å². The van der Waals surface area contributed by atoms with Gasteiger partial charge < -0.3 is 15.4 Å². The van der Waals surface area contributed by atoms with Crippen LogP contribution in [-0.4, -0.2) is 21.2 Å². The summed E-state index contributed by atoms with van der Waals surface area (Å²) in [6, 6.07) is 11.7. The molecular formula is C18H18FN3O2. The van der Waals surface area contributed by atoms with Crippen LogP contribution in [0.25, 0.3) is 11.0 Å². The summed E-state index contributed by atoms with van der Waals surface area (Å²) in [5.41, 5.74) is 3.37. The molecule has 24 heavy (non-hydrogen) atoms. The van der Waals surface area contributed by atoms with E-state index in [2.05, 4.69) is 22.2 Å². The Morgan fingerprint density at radius 3 is 2.62 bits per heavy atom. The number of benzene rings is 2. The second-order valence-corrected chi connectivity index (χ2v) is 5.66. The van der Waals surface area contributed by atoms with Gasteiger partial charge in [0, 0.05) is 12.5 Å². The van der Waals surface area contributed by atoms with Crippen LogP contribution < -0.4 is 5.32 Å². The second kappa shape index (κ2) is 6.70. The van der Waals surface area contributed by atoms with E-state index >= 15 is 0 Å². The van der Waals surface area contributed by atoms with Crippen molar-refractivity contribution in [3.63, 3.8) is 0 Å². The van der Waals surface area contributed by atoms with E-state index in [1.54, 1.807) is 6.07 Å². The maximum Gasteiger partial charge on any atom is 0.405 e. The Labute approximate surface area is 138 Å². The van der Waals surface area contributed by atoms with Gasteiger partial charge in [-0.05, 0) is 29.7 Å². The number of hydrogen-bond acceptors (Lipinski definition) is 2. The lowest BCUT2D eigenvalue weighted by Crippen LogP contribution is -2.29. The number of aromatic amines is 1. The summed E-state index contributed by atoms with van der Waals surface area (Å²) in [4.78, 5) is 18.5. The number of rotatable bonds is 5. The molecule has 3 rings (SSSR count). The first-order valence-electron chi connectivity index (χ1n) is 7.77. The molecule has 0 fully saturated rings. The molecule has 1 amide bonds. The van der Waals surface area contributed by atoms with Crippen molar-refractivity contribution in [2.24, 2.45) is 0 Å². The number of halogens is 1. The van der Waals surface area contributed by atoms with E-state index in [4.69, 9.17) is 5.11 Å². The highest BCUT2D eigenvalue weighted by atomic mass is 19.1. The van der Waals surface area contributed by atoms with E-state index in [9.17, 15) is 9.18 Å². The van der Waals surface area contributed by atoms with Crippen molar-refractivity contribution in [3.05, 3.63) is 65.2 Å². The molecule has 1 heterocycles. The molecule has 3 N–H and O–H groups in total. The highest BCUT2D eigenvalue weighted by Crippen LogP contribution is 2.21. The number of aromatic nitrogens is 2. The van der Waals surface area contributed by atoms with Gasteiger partial charge in [-0.15, -0.1) is 0 Å². The van der Waals surface area contributed by atoms with Crippen LogP contribution in [0.1, 0.15) is 29.9 Å². The summed E-state index contributed by atoms with van der Waals surface area (Å²) < 4.78 is 13.3. The molecule has 5 nitrogen and oxygen atoms in total.